The van der Waals surface area contributed by atoms with Gasteiger partial charge in [0.05, 0.1) is 24.2 Å². The van der Waals surface area contributed by atoms with Gasteiger partial charge in [0, 0.05) is 6.42 Å². The van der Waals surface area contributed by atoms with Gasteiger partial charge in [-0.1, -0.05) is 17.7 Å². The van der Waals surface area contributed by atoms with Crippen molar-refractivity contribution in [1.82, 2.24) is 9.55 Å². The van der Waals surface area contributed by atoms with Gasteiger partial charge < -0.3 is 14.4 Å². The standard InChI is InChI=1S/C21H26N2O2/c1-14-5-6-20(17(4)11-14)25-10-8-23-19-13-16(3)15(2)12-18(19)22-21(23)7-9-24/h5-6,11-13,24H,7-10H2,1-4H3. The highest BCUT2D eigenvalue weighted by molar-refractivity contribution is 5.78. The topological polar surface area (TPSA) is 47.3 Å². The molecule has 1 N–H and O–H groups in total. The van der Waals surface area contributed by atoms with Gasteiger partial charge in [-0.15, -0.1) is 0 Å². The van der Waals surface area contributed by atoms with Gasteiger partial charge in [-0.2, -0.15) is 0 Å². The number of ether oxygens (including phenoxy) is 1. The number of aromatic nitrogens is 2. The van der Waals surface area contributed by atoms with Crippen LogP contribution in [0.15, 0.2) is 30.3 Å². The molecule has 0 aliphatic heterocycles. The molecular weight excluding hydrogens is 312 g/mol. The Morgan fingerprint density at radius 1 is 1.00 bits per heavy atom. The number of imidazole rings is 1. The van der Waals surface area contributed by atoms with E-state index in [4.69, 9.17) is 9.72 Å². The Bertz CT molecular complexity index is 897. The quantitative estimate of drug-likeness (QED) is 0.742. The van der Waals surface area contributed by atoms with E-state index in [2.05, 4.69) is 56.5 Å². The maximum Gasteiger partial charge on any atom is 0.122 e. The summed E-state index contributed by atoms with van der Waals surface area (Å²) < 4.78 is 8.16. The molecule has 0 aliphatic carbocycles. The molecule has 25 heavy (non-hydrogen) atoms. The van der Waals surface area contributed by atoms with Crippen molar-refractivity contribution in [3.05, 3.63) is 58.4 Å². The SMILES string of the molecule is Cc1ccc(OCCn2c(CCO)nc3cc(C)c(C)cc32)c(C)c1. The van der Waals surface area contributed by atoms with Crippen molar-refractivity contribution in [1.29, 1.82) is 0 Å². The molecule has 0 fully saturated rings. The van der Waals surface area contributed by atoms with Crippen molar-refractivity contribution in [2.75, 3.05) is 13.2 Å². The van der Waals surface area contributed by atoms with E-state index in [0.717, 1.165) is 28.2 Å². The van der Waals surface area contributed by atoms with Crippen LogP contribution in [-0.2, 0) is 13.0 Å². The van der Waals surface area contributed by atoms with Crippen LogP contribution in [0.25, 0.3) is 11.0 Å². The number of fused-ring (bicyclic) bond motifs is 1. The largest absolute Gasteiger partial charge is 0.491 e. The summed E-state index contributed by atoms with van der Waals surface area (Å²) in [6.45, 7) is 9.74. The van der Waals surface area contributed by atoms with Crippen LogP contribution in [-0.4, -0.2) is 27.9 Å². The minimum atomic E-state index is 0.0964. The molecule has 2 aromatic carbocycles. The fraction of sp³-hybridized carbons (Fsp3) is 0.381. The lowest BCUT2D eigenvalue weighted by atomic mass is 10.1. The number of aliphatic hydroxyl groups excluding tert-OH is 1. The predicted octanol–water partition coefficient (Wildman–Crippen LogP) is 3.88. The van der Waals surface area contributed by atoms with Gasteiger partial charge in [-0.05, 0) is 62.6 Å². The van der Waals surface area contributed by atoms with E-state index in [0.29, 0.717) is 19.6 Å². The lowest BCUT2D eigenvalue weighted by Crippen LogP contribution is -2.12. The van der Waals surface area contributed by atoms with Crippen LogP contribution in [0.3, 0.4) is 0 Å². The van der Waals surface area contributed by atoms with E-state index in [1.54, 1.807) is 0 Å². The Morgan fingerprint density at radius 3 is 2.48 bits per heavy atom. The lowest BCUT2D eigenvalue weighted by Gasteiger charge is -2.13. The summed E-state index contributed by atoms with van der Waals surface area (Å²) >= 11 is 0. The Hall–Kier alpha value is -2.33. The van der Waals surface area contributed by atoms with Crippen molar-refractivity contribution >= 4 is 11.0 Å². The molecule has 3 aromatic rings. The van der Waals surface area contributed by atoms with Gasteiger partial charge in [0.1, 0.15) is 18.2 Å². The van der Waals surface area contributed by atoms with Gasteiger partial charge in [-0.3, -0.25) is 0 Å². The number of hydrogen-bond acceptors (Lipinski definition) is 3. The summed E-state index contributed by atoms with van der Waals surface area (Å²) in [7, 11) is 0. The van der Waals surface area contributed by atoms with Gasteiger partial charge in [0.25, 0.3) is 0 Å². The highest BCUT2D eigenvalue weighted by Crippen LogP contribution is 2.22. The molecule has 0 bridgehead atoms. The first-order valence-electron chi connectivity index (χ1n) is 8.77. The average Bonchev–Trinajstić information content (AvgIpc) is 2.87. The van der Waals surface area contributed by atoms with E-state index in [1.165, 1.54) is 16.7 Å². The van der Waals surface area contributed by atoms with E-state index >= 15 is 0 Å². The van der Waals surface area contributed by atoms with Crippen LogP contribution in [0.5, 0.6) is 5.75 Å². The van der Waals surface area contributed by atoms with Crippen LogP contribution in [0.4, 0.5) is 0 Å². The molecule has 0 amide bonds. The second-order valence-corrected chi connectivity index (χ2v) is 6.70. The minimum Gasteiger partial charge on any atom is -0.491 e. The molecule has 0 saturated heterocycles. The zero-order valence-corrected chi connectivity index (χ0v) is 15.5. The van der Waals surface area contributed by atoms with E-state index < -0.39 is 0 Å². The zero-order valence-electron chi connectivity index (χ0n) is 15.5. The first-order chi connectivity index (χ1) is 12.0. The summed E-state index contributed by atoms with van der Waals surface area (Å²) in [5.74, 6) is 1.83. The molecule has 1 aromatic heterocycles. The molecule has 132 valence electrons. The second-order valence-electron chi connectivity index (χ2n) is 6.70. The number of aliphatic hydroxyl groups is 1. The summed E-state index contributed by atoms with van der Waals surface area (Å²) in [6, 6.07) is 10.5. The number of benzene rings is 2. The first-order valence-corrected chi connectivity index (χ1v) is 8.77. The highest BCUT2D eigenvalue weighted by atomic mass is 16.5. The molecule has 1 heterocycles. The van der Waals surface area contributed by atoms with Crippen LogP contribution >= 0.6 is 0 Å². The Kier molecular flexibility index (Phi) is 5.09. The van der Waals surface area contributed by atoms with Crippen LogP contribution in [0.1, 0.15) is 28.1 Å². The summed E-state index contributed by atoms with van der Waals surface area (Å²) in [5, 5.41) is 9.36. The van der Waals surface area contributed by atoms with E-state index in [9.17, 15) is 5.11 Å². The molecule has 4 heteroatoms. The van der Waals surface area contributed by atoms with Crippen LogP contribution < -0.4 is 4.74 Å². The second kappa shape index (κ2) is 7.28. The number of hydrogen-bond donors (Lipinski definition) is 1. The summed E-state index contributed by atoms with van der Waals surface area (Å²) in [4.78, 5) is 4.71. The van der Waals surface area contributed by atoms with Crippen molar-refractivity contribution in [2.24, 2.45) is 0 Å². The smallest absolute Gasteiger partial charge is 0.122 e. The summed E-state index contributed by atoms with van der Waals surface area (Å²) in [6.07, 6.45) is 0.552. The van der Waals surface area contributed by atoms with Gasteiger partial charge in [0.2, 0.25) is 0 Å². The number of nitrogens with zero attached hydrogens (tertiary/aromatic N) is 2. The van der Waals surface area contributed by atoms with Crippen molar-refractivity contribution in [3.8, 4) is 5.75 Å². The van der Waals surface area contributed by atoms with Crippen LogP contribution in [0.2, 0.25) is 0 Å². The highest BCUT2D eigenvalue weighted by Gasteiger charge is 2.12. The molecule has 0 radical (unpaired) electrons. The van der Waals surface area contributed by atoms with Gasteiger partial charge >= 0.3 is 0 Å². The number of aryl methyl sites for hydroxylation is 4. The molecule has 0 aliphatic rings. The van der Waals surface area contributed by atoms with Crippen molar-refractivity contribution in [3.63, 3.8) is 0 Å². The van der Waals surface area contributed by atoms with Crippen molar-refractivity contribution < 1.29 is 9.84 Å². The maximum absolute atomic E-state index is 9.36. The van der Waals surface area contributed by atoms with Gasteiger partial charge in [0.15, 0.2) is 0 Å². The predicted molar refractivity (Wildman–Crippen MR) is 101 cm³/mol. The Balaban J connectivity index is 1.84. The Labute approximate surface area is 149 Å². The average molecular weight is 338 g/mol. The summed E-state index contributed by atoms with van der Waals surface area (Å²) in [5.41, 5.74) is 6.96. The fourth-order valence-corrected chi connectivity index (χ4v) is 3.18. The van der Waals surface area contributed by atoms with Crippen molar-refractivity contribution in [2.45, 2.75) is 40.7 Å². The number of rotatable bonds is 6. The normalized spacial score (nSPS) is 11.2. The molecular formula is C21H26N2O2. The monoisotopic (exact) mass is 338 g/mol. The third-order valence-corrected chi connectivity index (χ3v) is 4.68. The minimum absolute atomic E-state index is 0.0964. The third kappa shape index (κ3) is 3.69. The first kappa shape index (κ1) is 17.5. The molecule has 0 saturated carbocycles. The lowest BCUT2D eigenvalue weighted by molar-refractivity contribution is 0.283. The Morgan fingerprint density at radius 2 is 1.76 bits per heavy atom. The van der Waals surface area contributed by atoms with E-state index in [-0.39, 0.29) is 6.61 Å². The van der Waals surface area contributed by atoms with Crippen LogP contribution in [0, 0.1) is 27.7 Å². The molecule has 3 rings (SSSR count). The third-order valence-electron chi connectivity index (χ3n) is 4.68. The maximum atomic E-state index is 9.36. The molecule has 0 unspecified atom stereocenters. The molecule has 4 nitrogen and oxygen atoms in total. The fourth-order valence-electron chi connectivity index (χ4n) is 3.18. The molecule has 0 spiro atoms. The van der Waals surface area contributed by atoms with Gasteiger partial charge in [-0.25, -0.2) is 4.98 Å². The molecule has 0 atom stereocenters. The zero-order chi connectivity index (χ0) is 18.0. The van der Waals surface area contributed by atoms with E-state index in [1.807, 2.05) is 6.07 Å².